The van der Waals surface area contributed by atoms with Crippen LogP contribution in [0, 0.1) is 0 Å². The topological polar surface area (TPSA) is 147 Å². The molecule has 0 fully saturated rings. The van der Waals surface area contributed by atoms with E-state index < -0.39 is 22.5 Å². The predicted octanol–water partition coefficient (Wildman–Crippen LogP) is 21.1. The first kappa shape index (κ1) is 59.4. The fourth-order valence-electron chi connectivity index (χ4n) is 13.7. The molecule has 16 rings (SSSR count). The van der Waals surface area contributed by atoms with Gasteiger partial charge in [-0.3, -0.25) is 4.98 Å². The van der Waals surface area contributed by atoms with E-state index in [9.17, 15) is 19.2 Å². The first-order chi connectivity index (χ1) is 46.4. The second-order valence-corrected chi connectivity index (χ2v) is 27.4. The van der Waals surface area contributed by atoms with Gasteiger partial charge in [0, 0.05) is 38.7 Å². The molecule has 0 saturated heterocycles. The van der Waals surface area contributed by atoms with Crippen LogP contribution in [0.5, 0.6) is 0 Å². The average Bonchev–Trinajstić information content (AvgIpc) is 0.767. The molecule has 6 aromatic heterocycles. The summed E-state index contributed by atoms with van der Waals surface area (Å²) in [5.74, 6) is 0. The summed E-state index contributed by atoms with van der Waals surface area (Å²) in [7, 11) is 0. The molecular formula is C86H64N2O8. The van der Waals surface area contributed by atoms with Crippen molar-refractivity contribution in [3.8, 4) is 78.3 Å². The molecule has 0 unspecified atom stereocenters. The fraction of sp³-hybridized carbons (Fsp3) is 0.140. The minimum atomic E-state index is -0.564. The molecule has 0 N–H and O–H groups in total. The maximum atomic E-state index is 14.9. The number of hydrogen-bond acceptors (Lipinski definition) is 10. The van der Waals surface area contributed by atoms with Crippen molar-refractivity contribution in [3.05, 3.63) is 283 Å². The molecule has 0 aliphatic rings. The largest absolute Gasteiger partial charge is 0.422 e. The Morgan fingerprint density at radius 1 is 0.333 bits per heavy atom. The highest BCUT2D eigenvalue weighted by Gasteiger charge is 2.23. The van der Waals surface area contributed by atoms with Crippen molar-refractivity contribution in [2.75, 3.05) is 0 Å². The lowest BCUT2D eigenvalue weighted by Gasteiger charge is -2.19. The zero-order valence-corrected chi connectivity index (χ0v) is 54.1. The van der Waals surface area contributed by atoms with Crippen LogP contribution in [-0.4, -0.2) is 9.97 Å². The van der Waals surface area contributed by atoms with Crippen LogP contribution in [0.3, 0.4) is 0 Å². The Balaban J connectivity index is 0.894. The van der Waals surface area contributed by atoms with Crippen molar-refractivity contribution in [1.29, 1.82) is 0 Å². The number of rotatable bonds is 10. The van der Waals surface area contributed by atoms with Crippen LogP contribution in [0.4, 0.5) is 0 Å². The number of fused-ring (bicyclic) bond motifs is 12. The monoisotopic (exact) mass is 1250 g/mol. The third kappa shape index (κ3) is 10.6. The van der Waals surface area contributed by atoms with Gasteiger partial charge >= 0.3 is 22.5 Å². The van der Waals surface area contributed by atoms with E-state index in [1.165, 1.54) is 16.7 Å². The smallest absolute Gasteiger partial charge is 0.344 e. The highest BCUT2D eigenvalue weighted by molar-refractivity contribution is 6.10. The molecule has 10 aromatic carbocycles. The van der Waals surface area contributed by atoms with Gasteiger partial charge in [-0.05, 0) is 215 Å². The summed E-state index contributed by atoms with van der Waals surface area (Å²) < 4.78 is 24.9. The Labute approximate surface area is 551 Å². The molecule has 0 bridgehead atoms. The predicted molar refractivity (Wildman–Crippen MR) is 390 cm³/mol. The molecule has 466 valence electrons. The summed E-state index contributed by atoms with van der Waals surface area (Å²) in [6.45, 7) is 15.3. The van der Waals surface area contributed by atoms with Gasteiger partial charge in [0.2, 0.25) is 0 Å². The lowest BCUT2D eigenvalue weighted by atomic mass is 9.85. The van der Waals surface area contributed by atoms with Gasteiger partial charge in [-0.25, -0.2) is 24.2 Å². The van der Waals surface area contributed by atoms with Crippen LogP contribution < -0.4 is 22.5 Å². The standard InChI is InChI=1S/C86H64N2O8/c1-8-9-14-48-16-12-18-66-63(48)27-21-53-43-67(84(92)96-80(53)66)56-35-54(36-57(39-56)69-47-73-65-29-26-61(86(5,6)7)42-51(65)24-32-79(73)95-82(69)90)55-37-58(70-46-71-62-17-11-10-15-49(62)22-30-77(71)94-83(70)91)40-59(38-55)74-19-13-20-75(88-74)76-44-52(33-34-87-76)68-45-72-64-28-25-60(85(2,3)4)41-50(64)23-31-78(72)93-81(68)89/h10-13,15-47H,8-9,14H2,1-7H3. The van der Waals surface area contributed by atoms with E-state index >= 15 is 0 Å². The van der Waals surface area contributed by atoms with Gasteiger partial charge in [-0.15, -0.1) is 0 Å². The lowest BCUT2D eigenvalue weighted by Crippen LogP contribution is -2.10. The first-order valence-electron chi connectivity index (χ1n) is 32.6. The average molecular weight is 1250 g/mol. The number of hydrogen-bond donors (Lipinski definition) is 0. The van der Waals surface area contributed by atoms with Crippen molar-refractivity contribution < 1.29 is 17.7 Å². The number of pyridine rings is 2. The molecule has 0 spiro atoms. The molecule has 0 amide bonds. The minimum Gasteiger partial charge on any atom is -0.422 e. The van der Waals surface area contributed by atoms with Crippen molar-refractivity contribution >= 4 is 87.0 Å². The van der Waals surface area contributed by atoms with Crippen LogP contribution in [0.2, 0.25) is 0 Å². The molecule has 16 aromatic rings. The first-order valence-corrected chi connectivity index (χ1v) is 32.6. The molecule has 10 heteroatoms. The number of aryl methyl sites for hydroxylation is 1. The van der Waals surface area contributed by atoms with Crippen molar-refractivity contribution in [2.45, 2.75) is 78.6 Å². The summed E-state index contributed by atoms with van der Waals surface area (Å²) in [4.78, 5) is 68.3. The third-order valence-electron chi connectivity index (χ3n) is 19.0. The Hall–Kier alpha value is -11.6. The van der Waals surface area contributed by atoms with Gasteiger partial charge in [-0.2, -0.15) is 0 Å². The molecule has 10 nitrogen and oxygen atoms in total. The zero-order chi connectivity index (χ0) is 65.9. The summed E-state index contributed by atoms with van der Waals surface area (Å²) in [6.07, 6.45) is 4.64. The second kappa shape index (κ2) is 22.8. The van der Waals surface area contributed by atoms with Gasteiger partial charge in [0.15, 0.2) is 0 Å². The normalized spacial score (nSPS) is 12.2. The van der Waals surface area contributed by atoms with Gasteiger partial charge in [0.25, 0.3) is 0 Å². The van der Waals surface area contributed by atoms with Crippen molar-refractivity contribution in [3.63, 3.8) is 0 Å². The van der Waals surface area contributed by atoms with E-state index in [1.807, 2.05) is 164 Å². The van der Waals surface area contributed by atoms with Crippen LogP contribution in [0.25, 0.3) is 165 Å². The van der Waals surface area contributed by atoms with E-state index in [4.69, 9.17) is 27.6 Å². The Morgan fingerprint density at radius 2 is 0.802 bits per heavy atom. The van der Waals surface area contributed by atoms with E-state index in [0.29, 0.717) is 89.5 Å². The quantitative estimate of drug-likeness (QED) is 0.0957. The Kier molecular flexibility index (Phi) is 14.1. The van der Waals surface area contributed by atoms with E-state index in [2.05, 4.69) is 97.0 Å². The summed E-state index contributed by atoms with van der Waals surface area (Å²) in [6, 6.07) is 70.9. The molecule has 0 atom stereocenters. The van der Waals surface area contributed by atoms with Gasteiger partial charge in [-0.1, -0.05) is 170 Å². The number of aromatic nitrogens is 2. The molecule has 0 aliphatic carbocycles. The maximum absolute atomic E-state index is 14.9. The van der Waals surface area contributed by atoms with E-state index in [0.717, 1.165) is 83.9 Å². The number of benzene rings is 10. The highest BCUT2D eigenvalue weighted by Crippen LogP contribution is 2.41. The molecular weight excluding hydrogens is 1190 g/mol. The van der Waals surface area contributed by atoms with E-state index in [1.54, 1.807) is 12.3 Å². The van der Waals surface area contributed by atoms with Crippen molar-refractivity contribution in [2.24, 2.45) is 0 Å². The molecule has 0 radical (unpaired) electrons. The maximum Gasteiger partial charge on any atom is 0.344 e. The summed E-state index contributed by atoms with van der Waals surface area (Å²) in [5, 5.41) is 10.8. The van der Waals surface area contributed by atoms with Gasteiger partial charge in [0.1, 0.15) is 22.3 Å². The van der Waals surface area contributed by atoms with Crippen molar-refractivity contribution in [1.82, 2.24) is 9.97 Å². The van der Waals surface area contributed by atoms with Gasteiger partial charge in [0.05, 0.1) is 39.3 Å². The number of nitrogens with zero attached hydrogens (tertiary/aromatic N) is 2. The lowest BCUT2D eigenvalue weighted by molar-refractivity contribution is 0.563. The summed E-state index contributed by atoms with van der Waals surface area (Å²) >= 11 is 0. The molecule has 0 aliphatic heterocycles. The summed E-state index contributed by atoms with van der Waals surface area (Å²) in [5.41, 5.74) is 9.91. The van der Waals surface area contributed by atoms with Gasteiger partial charge < -0.3 is 17.7 Å². The Bertz CT molecular complexity index is 6210. The molecule has 6 heterocycles. The fourth-order valence-corrected chi connectivity index (χ4v) is 13.7. The highest BCUT2D eigenvalue weighted by atomic mass is 16.4. The second-order valence-electron chi connectivity index (χ2n) is 27.4. The van der Waals surface area contributed by atoms with Crippen LogP contribution >= 0.6 is 0 Å². The third-order valence-corrected chi connectivity index (χ3v) is 19.0. The van der Waals surface area contributed by atoms with E-state index in [-0.39, 0.29) is 22.0 Å². The van der Waals surface area contributed by atoms with Crippen LogP contribution in [0.15, 0.2) is 261 Å². The minimum absolute atomic E-state index is 0.0509. The zero-order valence-electron chi connectivity index (χ0n) is 54.1. The molecule has 0 saturated carbocycles. The molecule has 96 heavy (non-hydrogen) atoms. The number of unbranched alkanes of at least 4 members (excludes halogenated alkanes) is 1. The van der Waals surface area contributed by atoms with Crippen LogP contribution in [-0.2, 0) is 17.3 Å². The Morgan fingerprint density at radius 3 is 1.40 bits per heavy atom. The van der Waals surface area contributed by atoms with Crippen LogP contribution in [0.1, 0.15) is 78.0 Å². The SMILES string of the molecule is CCCCc1cccc2c1ccc1cc(-c3cc(-c4cc(-c5cccc(-c6cc(-c7cc8c(ccc9cc(C(C)(C)C)ccc98)oc7=O)ccn6)n5)cc(-c5cc6c(ccc7ccccc76)oc5=O)c4)cc(-c4cc5c(ccc6cc(C(C)(C)C)ccc65)oc4=O)c3)c(=O)oc12.